The first-order valence-electron chi connectivity index (χ1n) is 4.15. The average Bonchev–Trinajstić information content (AvgIpc) is 2.35. The number of halogens is 1. The summed E-state index contributed by atoms with van der Waals surface area (Å²) in [5.74, 6) is 0.195. The molecule has 0 bridgehead atoms. The van der Waals surface area contributed by atoms with Gasteiger partial charge in [0, 0.05) is 16.4 Å². The fourth-order valence-corrected chi connectivity index (χ4v) is 2.36. The first kappa shape index (κ1) is 9.29. The molecule has 1 aliphatic rings. The van der Waals surface area contributed by atoms with Crippen LogP contribution in [0.4, 0.5) is 0 Å². The molecular weight excluding hydrogens is 253 g/mol. The maximum absolute atomic E-state index is 11.0. The normalized spacial score (nSPS) is 30.4. The third kappa shape index (κ3) is 2.97. The summed E-state index contributed by atoms with van der Waals surface area (Å²) in [5.41, 5.74) is 0. The van der Waals surface area contributed by atoms with Crippen LogP contribution in [-0.2, 0) is 4.79 Å². The molecule has 0 aromatic heterocycles. The Morgan fingerprint density at radius 3 is 2.82 bits per heavy atom. The lowest BCUT2D eigenvalue weighted by molar-refractivity contribution is -0.121. The summed E-state index contributed by atoms with van der Waals surface area (Å²) in [6.07, 6.45) is 4.20. The minimum atomic E-state index is 0.195. The second-order valence-corrected chi connectivity index (χ2v) is 4.79. The van der Waals surface area contributed by atoms with E-state index in [1.54, 1.807) is 0 Å². The van der Waals surface area contributed by atoms with Gasteiger partial charge in [-0.3, -0.25) is 4.79 Å². The molecular formula is C8H14INO. The van der Waals surface area contributed by atoms with Crippen molar-refractivity contribution in [3.63, 3.8) is 0 Å². The van der Waals surface area contributed by atoms with Crippen molar-refractivity contribution in [2.75, 3.05) is 0 Å². The molecule has 1 N–H and O–H groups in total. The van der Waals surface area contributed by atoms with Gasteiger partial charge in [-0.2, -0.15) is 0 Å². The van der Waals surface area contributed by atoms with Crippen LogP contribution in [0, 0.1) is 0 Å². The molecule has 0 aromatic carbocycles. The van der Waals surface area contributed by atoms with E-state index in [0.717, 1.165) is 10.3 Å². The zero-order valence-electron chi connectivity index (χ0n) is 6.77. The molecule has 1 aliphatic carbocycles. The molecule has 64 valence electrons. The Labute approximate surface area is 81.3 Å². The van der Waals surface area contributed by atoms with Crippen molar-refractivity contribution in [3.8, 4) is 0 Å². The van der Waals surface area contributed by atoms with Gasteiger partial charge in [-0.1, -0.05) is 29.5 Å². The largest absolute Gasteiger partial charge is 0.353 e. The van der Waals surface area contributed by atoms with Crippen molar-refractivity contribution in [2.24, 2.45) is 0 Å². The Kier molecular flexibility index (Phi) is 3.62. The van der Waals surface area contributed by atoms with Crippen LogP contribution in [0.2, 0.25) is 0 Å². The molecule has 3 heteroatoms. The standard InChI is InChI=1S/C8H14INO/c1-2-8(11)10-7-4-3-6(9)5-7/h6-7H,2-5H2,1H3,(H,10,11). The fraction of sp³-hybridized carbons (Fsp3) is 0.875. The molecule has 0 aliphatic heterocycles. The minimum absolute atomic E-state index is 0.195. The molecule has 0 aromatic rings. The van der Waals surface area contributed by atoms with Crippen LogP contribution >= 0.6 is 22.6 Å². The molecule has 1 fully saturated rings. The summed E-state index contributed by atoms with van der Waals surface area (Å²) in [6, 6.07) is 0.462. The molecule has 2 atom stereocenters. The van der Waals surface area contributed by atoms with Gasteiger partial charge < -0.3 is 5.32 Å². The monoisotopic (exact) mass is 267 g/mol. The molecule has 1 rings (SSSR count). The predicted octanol–water partition coefficient (Wildman–Crippen LogP) is 1.87. The summed E-state index contributed by atoms with van der Waals surface area (Å²) in [6.45, 7) is 1.89. The number of hydrogen-bond acceptors (Lipinski definition) is 1. The van der Waals surface area contributed by atoms with Crippen molar-refractivity contribution >= 4 is 28.5 Å². The Balaban J connectivity index is 2.23. The average molecular weight is 267 g/mol. The van der Waals surface area contributed by atoms with Gasteiger partial charge in [-0.05, 0) is 19.3 Å². The van der Waals surface area contributed by atoms with E-state index in [-0.39, 0.29) is 5.91 Å². The van der Waals surface area contributed by atoms with E-state index < -0.39 is 0 Å². The van der Waals surface area contributed by atoms with Crippen LogP contribution in [-0.4, -0.2) is 15.9 Å². The van der Waals surface area contributed by atoms with Crippen molar-refractivity contribution in [1.82, 2.24) is 5.32 Å². The van der Waals surface area contributed by atoms with Crippen molar-refractivity contribution in [1.29, 1.82) is 0 Å². The van der Waals surface area contributed by atoms with Gasteiger partial charge in [-0.25, -0.2) is 0 Å². The predicted molar refractivity (Wildman–Crippen MR) is 53.9 cm³/mol. The fourth-order valence-electron chi connectivity index (χ4n) is 1.39. The third-order valence-corrected chi connectivity index (χ3v) is 3.19. The summed E-state index contributed by atoms with van der Waals surface area (Å²) < 4.78 is 0.773. The lowest BCUT2D eigenvalue weighted by Gasteiger charge is -2.10. The van der Waals surface area contributed by atoms with Gasteiger partial charge in [0.2, 0.25) is 5.91 Å². The summed E-state index contributed by atoms with van der Waals surface area (Å²) >= 11 is 2.45. The number of carbonyl (C=O) groups is 1. The minimum Gasteiger partial charge on any atom is -0.353 e. The van der Waals surface area contributed by atoms with Crippen LogP contribution in [0.25, 0.3) is 0 Å². The highest BCUT2D eigenvalue weighted by molar-refractivity contribution is 14.1. The van der Waals surface area contributed by atoms with E-state index in [1.165, 1.54) is 12.8 Å². The van der Waals surface area contributed by atoms with Crippen LogP contribution < -0.4 is 5.32 Å². The van der Waals surface area contributed by atoms with Crippen molar-refractivity contribution < 1.29 is 4.79 Å². The Morgan fingerprint density at radius 2 is 2.36 bits per heavy atom. The number of amides is 1. The van der Waals surface area contributed by atoms with Crippen LogP contribution in [0.5, 0.6) is 0 Å². The Morgan fingerprint density at radius 1 is 1.64 bits per heavy atom. The van der Waals surface area contributed by atoms with E-state index >= 15 is 0 Å². The number of alkyl halides is 1. The summed E-state index contributed by atoms with van der Waals surface area (Å²) in [4.78, 5) is 11.0. The first-order chi connectivity index (χ1) is 5.22. The number of hydrogen-bond donors (Lipinski definition) is 1. The molecule has 2 unspecified atom stereocenters. The molecule has 0 radical (unpaired) electrons. The third-order valence-electron chi connectivity index (χ3n) is 2.05. The lowest BCUT2D eigenvalue weighted by atomic mass is 10.2. The van der Waals surface area contributed by atoms with E-state index in [0.29, 0.717) is 12.5 Å². The number of rotatable bonds is 2. The van der Waals surface area contributed by atoms with Gasteiger partial charge in [-0.15, -0.1) is 0 Å². The van der Waals surface area contributed by atoms with Gasteiger partial charge in [0.25, 0.3) is 0 Å². The molecule has 0 heterocycles. The van der Waals surface area contributed by atoms with Crippen LogP contribution in [0.15, 0.2) is 0 Å². The highest BCUT2D eigenvalue weighted by atomic mass is 127. The van der Waals surface area contributed by atoms with E-state index in [9.17, 15) is 4.79 Å². The topological polar surface area (TPSA) is 29.1 Å². The SMILES string of the molecule is CCC(=O)NC1CCC(I)C1. The lowest BCUT2D eigenvalue weighted by Crippen LogP contribution is -2.32. The molecule has 11 heavy (non-hydrogen) atoms. The maximum atomic E-state index is 11.0. The van der Waals surface area contributed by atoms with E-state index in [2.05, 4.69) is 27.9 Å². The van der Waals surface area contributed by atoms with Crippen LogP contribution in [0.3, 0.4) is 0 Å². The van der Waals surface area contributed by atoms with E-state index in [4.69, 9.17) is 0 Å². The molecule has 2 nitrogen and oxygen atoms in total. The number of nitrogens with one attached hydrogen (secondary N) is 1. The summed E-state index contributed by atoms with van der Waals surface area (Å²) in [7, 11) is 0. The van der Waals surface area contributed by atoms with E-state index in [1.807, 2.05) is 6.92 Å². The zero-order chi connectivity index (χ0) is 8.27. The van der Waals surface area contributed by atoms with Gasteiger partial charge >= 0.3 is 0 Å². The molecule has 0 saturated heterocycles. The molecule has 0 spiro atoms. The Hall–Kier alpha value is 0.200. The smallest absolute Gasteiger partial charge is 0.219 e. The second kappa shape index (κ2) is 4.28. The zero-order valence-corrected chi connectivity index (χ0v) is 8.93. The summed E-state index contributed by atoms with van der Waals surface area (Å²) in [5, 5.41) is 3.02. The molecule has 1 amide bonds. The van der Waals surface area contributed by atoms with Gasteiger partial charge in [0.05, 0.1) is 0 Å². The molecule has 1 saturated carbocycles. The highest BCUT2D eigenvalue weighted by Crippen LogP contribution is 2.25. The second-order valence-electron chi connectivity index (χ2n) is 3.03. The number of carbonyl (C=O) groups excluding carboxylic acids is 1. The van der Waals surface area contributed by atoms with Gasteiger partial charge in [0.1, 0.15) is 0 Å². The van der Waals surface area contributed by atoms with Gasteiger partial charge in [0.15, 0.2) is 0 Å². The Bertz CT molecular complexity index is 149. The van der Waals surface area contributed by atoms with Crippen molar-refractivity contribution in [3.05, 3.63) is 0 Å². The first-order valence-corrected chi connectivity index (χ1v) is 5.40. The maximum Gasteiger partial charge on any atom is 0.219 e. The highest BCUT2D eigenvalue weighted by Gasteiger charge is 2.22. The van der Waals surface area contributed by atoms with Crippen LogP contribution in [0.1, 0.15) is 32.6 Å². The van der Waals surface area contributed by atoms with Crippen molar-refractivity contribution in [2.45, 2.75) is 42.6 Å². The quantitative estimate of drug-likeness (QED) is 0.600.